The molecule has 2 heterocycles. The van der Waals surface area contributed by atoms with Crippen molar-refractivity contribution in [1.29, 1.82) is 0 Å². The second-order valence-corrected chi connectivity index (χ2v) is 5.68. The summed E-state index contributed by atoms with van der Waals surface area (Å²) in [5, 5.41) is 12.3. The number of rotatable bonds is 6. The van der Waals surface area contributed by atoms with Crippen LogP contribution in [0.25, 0.3) is 0 Å². The van der Waals surface area contributed by atoms with Crippen molar-refractivity contribution in [2.75, 3.05) is 0 Å². The number of carboxylic acids is 1. The lowest BCUT2D eigenvalue weighted by Crippen LogP contribution is -2.23. The molecule has 2 rings (SSSR count). The van der Waals surface area contributed by atoms with E-state index >= 15 is 0 Å². The van der Waals surface area contributed by atoms with E-state index in [-0.39, 0.29) is 11.4 Å². The second kappa shape index (κ2) is 5.80. The van der Waals surface area contributed by atoms with Gasteiger partial charge in [0.1, 0.15) is 11.4 Å². The van der Waals surface area contributed by atoms with Crippen molar-refractivity contribution in [3.05, 3.63) is 42.5 Å². The highest BCUT2D eigenvalue weighted by molar-refractivity contribution is 7.89. The van der Waals surface area contributed by atoms with Gasteiger partial charge in [0.05, 0.1) is 18.4 Å². The molecule has 0 atom stereocenters. The summed E-state index contributed by atoms with van der Waals surface area (Å²) in [6.45, 7) is -0.344. The lowest BCUT2D eigenvalue weighted by atomic mass is 10.4. The van der Waals surface area contributed by atoms with Gasteiger partial charge in [-0.1, -0.05) is 6.07 Å². The molecular weight excluding hydrogens is 284 g/mol. The predicted molar refractivity (Wildman–Crippen MR) is 68.1 cm³/mol. The zero-order valence-corrected chi connectivity index (χ0v) is 11.1. The van der Waals surface area contributed by atoms with Gasteiger partial charge in [-0.2, -0.15) is 5.10 Å². The molecule has 0 saturated heterocycles. The Morgan fingerprint density at radius 2 is 2.20 bits per heavy atom. The molecule has 0 aliphatic rings. The molecule has 2 N–H and O–H groups in total. The van der Waals surface area contributed by atoms with Gasteiger partial charge in [0.25, 0.3) is 0 Å². The Hall–Kier alpha value is -2.26. The fraction of sp³-hybridized carbons (Fsp3) is 0.182. The van der Waals surface area contributed by atoms with Gasteiger partial charge in [-0.25, -0.2) is 13.1 Å². The molecule has 0 unspecified atom stereocenters. The summed E-state index contributed by atoms with van der Waals surface area (Å²) in [5.41, 5.74) is 0.578. The topological polar surface area (TPSA) is 114 Å². The van der Waals surface area contributed by atoms with E-state index in [1.165, 1.54) is 0 Å². The lowest BCUT2D eigenvalue weighted by Gasteiger charge is -2.03. The van der Waals surface area contributed by atoms with Gasteiger partial charge in [-0.05, 0) is 12.1 Å². The van der Waals surface area contributed by atoms with E-state index < -0.39 is 22.5 Å². The molecule has 106 valence electrons. The smallest absolute Gasteiger partial charge is 0.325 e. The third kappa shape index (κ3) is 3.62. The van der Waals surface area contributed by atoms with Gasteiger partial charge in [0.2, 0.25) is 10.0 Å². The maximum Gasteiger partial charge on any atom is 0.325 e. The van der Waals surface area contributed by atoms with Crippen molar-refractivity contribution in [2.24, 2.45) is 0 Å². The summed E-state index contributed by atoms with van der Waals surface area (Å²) >= 11 is 0. The molecule has 8 nitrogen and oxygen atoms in total. The summed E-state index contributed by atoms with van der Waals surface area (Å²) < 4.78 is 27.3. The second-order valence-electron chi connectivity index (χ2n) is 3.91. The number of hydrogen-bond donors (Lipinski definition) is 2. The fourth-order valence-electron chi connectivity index (χ4n) is 1.46. The first-order valence-electron chi connectivity index (χ1n) is 5.61. The van der Waals surface area contributed by atoms with Gasteiger partial charge in [0.15, 0.2) is 0 Å². The molecule has 0 fully saturated rings. The van der Waals surface area contributed by atoms with E-state index in [4.69, 9.17) is 5.11 Å². The summed E-state index contributed by atoms with van der Waals surface area (Å²) in [5.74, 6) is -1.10. The minimum atomic E-state index is -3.74. The highest BCUT2D eigenvalue weighted by Gasteiger charge is 2.17. The van der Waals surface area contributed by atoms with Crippen LogP contribution >= 0.6 is 0 Å². The van der Waals surface area contributed by atoms with Crippen LogP contribution in [-0.4, -0.2) is 34.3 Å². The molecule has 0 aliphatic heterocycles. The van der Waals surface area contributed by atoms with E-state index in [1.807, 2.05) is 0 Å². The molecule has 0 bridgehead atoms. The highest BCUT2D eigenvalue weighted by atomic mass is 32.2. The number of sulfonamides is 1. The van der Waals surface area contributed by atoms with Crippen LogP contribution < -0.4 is 4.72 Å². The maximum absolute atomic E-state index is 12.0. The zero-order valence-electron chi connectivity index (χ0n) is 10.3. The number of carboxylic acid groups (broad SMARTS) is 1. The van der Waals surface area contributed by atoms with E-state index in [1.54, 1.807) is 24.4 Å². The van der Waals surface area contributed by atoms with Crippen molar-refractivity contribution in [2.45, 2.75) is 18.0 Å². The summed E-state index contributed by atoms with van der Waals surface area (Å²) in [6, 6.07) is 5.17. The van der Waals surface area contributed by atoms with E-state index in [0.717, 1.165) is 17.1 Å². The van der Waals surface area contributed by atoms with Crippen molar-refractivity contribution >= 4 is 16.0 Å². The predicted octanol–water partition coefficient (Wildman–Crippen LogP) is -0.159. The Bertz CT molecular complexity index is 696. The largest absolute Gasteiger partial charge is 0.480 e. The van der Waals surface area contributed by atoms with Crippen molar-refractivity contribution in [3.8, 4) is 0 Å². The lowest BCUT2D eigenvalue weighted by molar-refractivity contribution is -0.137. The molecule has 2 aromatic rings. The van der Waals surface area contributed by atoms with Crippen LogP contribution in [-0.2, 0) is 27.9 Å². The number of aromatic nitrogens is 3. The quantitative estimate of drug-likeness (QED) is 0.765. The molecule has 0 saturated carbocycles. The van der Waals surface area contributed by atoms with Gasteiger partial charge in [-0.3, -0.25) is 14.5 Å². The van der Waals surface area contributed by atoms with Gasteiger partial charge < -0.3 is 5.11 Å². The van der Waals surface area contributed by atoms with Gasteiger partial charge >= 0.3 is 5.97 Å². The molecule has 0 aliphatic carbocycles. The first-order valence-corrected chi connectivity index (χ1v) is 7.09. The molecule has 20 heavy (non-hydrogen) atoms. The van der Waals surface area contributed by atoms with Crippen LogP contribution in [0.1, 0.15) is 5.69 Å². The Kier molecular flexibility index (Phi) is 4.11. The van der Waals surface area contributed by atoms with E-state index in [9.17, 15) is 13.2 Å². The zero-order chi connectivity index (χ0) is 14.6. The Morgan fingerprint density at radius 1 is 1.40 bits per heavy atom. The molecular formula is C11H12N4O4S. The molecule has 0 spiro atoms. The van der Waals surface area contributed by atoms with Crippen molar-refractivity contribution in [3.63, 3.8) is 0 Å². The van der Waals surface area contributed by atoms with Crippen LogP contribution in [0.3, 0.4) is 0 Å². The minimum absolute atomic E-state index is 0.0489. The van der Waals surface area contributed by atoms with Gasteiger partial charge in [-0.15, -0.1) is 0 Å². The summed E-state index contributed by atoms with van der Waals surface area (Å²) in [7, 11) is -3.74. The van der Waals surface area contributed by atoms with Crippen LogP contribution in [0.15, 0.2) is 41.7 Å². The number of nitrogens with zero attached hydrogens (tertiary/aromatic N) is 3. The summed E-state index contributed by atoms with van der Waals surface area (Å²) in [6.07, 6.45) is 3.83. The van der Waals surface area contributed by atoms with E-state index in [2.05, 4.69) is 14.8 Å². The molecule has 0 aromatic carbocycles. The van der Waals surface area contributed by atoms with Crippen LogP contribution in [0.5, 0.6) is 0 Å². The van der Waals surface area contributed by atoms with Gasteiger partial charge in [0, 0.05) is 12.4 Å². The normalized spacial score (nSPS) is 11.4. The first-order chi connectivity index (χ1) is 9.47. The average molecular weight is 296 g/mol. The molecule has 0 amide bonds. The Morgan fingerprint density at radius 3 is 2.85 bits per heavy atom. The minimum Gasteiger partial charge on any atom is -0.480 e. The molecule has 2 aromatic heterocycles. The Balaban J connectivity index is 2.06. The first kappa shape index (κ1) is 14.2. The number of aliphatic carboxylic acids is 1. The number of hydrogen-bond acceptors (Lipinski definition) is 5. The highest BCUT2D eigenvalue weighted by Crippen LogP contribution is 2.07. The summed E-state index contributed by atoms with van der Waals surface area (Å²) in [4.78, 5) is 14.4. The fourth-order valence-corrected chi connectivity index (χ4v) is 2.41. The third-order valence-corrected chi connectivity index (χ3v) is 3.74. The third-order valence-electron chi connectivity index (χ3n) is 2.39. The number of carbonyl (C=O) groups is 1. The molecule has 9 heteroatoms. The van der Waals surface area contributed by atoms with Crippen molar-refractivity contribution < 1.29 is 18.3 Å². The number of pyridine rings is 1. The monoisotopic (exact) mass is 296 g/mol. The standard InChI is InChI=1S/C11H12N4O4S/c16-11(17)8-15-7-10(6-13-15)20(18,19)14-5-9-3-1-2-4-12-9/h1-4,6-7,14H,5,8H2,(H,16,17). The van der Waals surface area contributed by atoms with Crippen LogP contribution in [0.2, 0.25) is 0 Å². The average Bonchev–Trinajstić information content (AvgIpc) is 2.86. The molecule has 0 radical (unpaired) electrons. The van der Waals surface area contributed by atoms with Crippen molar-refractivity contribution in [1.82, 2.24) is 19.5 Å². The van der Waals surface area contributed by atoms with Crippen LogP contribution in [0.4, 0.5) is 0 Å². The maximum atomic E-state index is 12.0. The SMILES string of the molecule is O=C(O)Cn1cc(S(=O)(=O)NCc2ccccn2)cn1. The van der Waals surface area contributed by atoms with Crippen LogP contribution in [0, 0.1) is 0 Å². The van der Waals surface area contributed by atoms with E-state index in [0.29, 0.717) is 5.69 Å². The Labute approximate surface area is 115 Å². The number of nitrogens with one attached hydrogen (secondary N) is 1.